The maximum atomic E-state index is 11.8. The minimum atomic E-state index is -0.279. The van der Waals surface area contributed by atoms with Crippen molar-refractivity contribution in [3.05, 3.63) is 64.6 Å². The van der Waals surface area contributed by atoms with Crippen LogP contribution in [-0.2, 0) is 0 Å². The van der Waals surface area contributed by atoms with Crippen LogP contribution in [0.3, 0.4) is 0 Å². The van der Waals surface area contributed by atoms with E-state index in [1.807, 2.05) is 42.3 Å². The van der Waals surface area contributed by atoms with E-state index in [1.165, 1.54) is 6.07 Å². The summed E-state index contributed by atoms with van der Waals surface area (Å²) in [6.07, 6.45) is 0. The fraction of sp³-hybridized carbons (Fsp3) is 0.200. The number of benzene rings is 1. The van der Waals surface area contributed by atoms with E-state index in [0.717, 1.165) is 5.69 Å². The third-order valence-corrected chi connectivity index (χ3v) is 2.94. The van der Waals surface area contributed by atoms with E-state index in [0.29, 0.717) is 13.1 Å². The number of nitrogens with zero attached hydrogens (tertiary/aromatic N) is 1. The van der Waals surface area contributed by atoms with Crippen molar-refractivity contribution in [2.75, 3.05) is 25.0 Å². The van der Waals surface area contributed by atoms with Gasteiger partial charge in [-0.1, -0.05) is 24.3 Å². The molecular formula is C15H17N3O2. The lowest BCUT2D eigenvalue weighted by molar-refractivity contribution is 0.0949. The van der Waals surface area contributed by atoms with Crippen molar-refractivity contribution < 1.29 is 4.79 Å². The molecule has 0 saturated carbocycles. The molecule has 0 radical (unpaired) electrons. The van der Waals surface area contributed by atoms with Crippen LogP contribution >= 0.6 is 0 Å². The third kappa shape index (κ3) is 3.71. The Morgan fingerprint density at radius 2 is 1.90 bits per heavy atom. The molecule has 0 unspecified atom stereocenters. The highest BCUT2D eigenvalue weighted by Gasteiger charge is 2.06. The summed E-state index contributed by atoms with van der Waals surface area (Å²) in [7, 11) is 1.96. The molecule has 0 fully saturated rings. The fourth-order valence-electron chi connectivity index (χ4n) is 1.82. The molecule has 0 aliphatic heterocycles. The molecule has 0 atom stereocenters. The number of para-hydroxylation sites is 1. The molecule has 2 rings (SSSR count). The van der Waals surface area contributed by atoms with Crippen molar-refractivity contribution in [1.82, 2.24) is 10.3 Å². The number of nitrogens with one attached hydrogen (secondary N) is 2. The van der Waals surface area contributed by atoms with E-state index in [1.54, 1.807) is 12.1 Å². The number of amides is 1. The molecule has 0 aliphatic carbocycles. The highest BCUT2D eigenvalue weighted by atomic mass is 16.2. The molecule has 1 aromatic heterocycles. The van der Waals surface area contributed by atoms with E-state index in [4.69, 9.17) is 0 Å². The SMILES string of the molecule is CN(CCNC(=O)c1cccc(=O)[nH]1)c1ccccc1. The molecule has 2 N–H and O–H groups in total. The second-order valence-corrected chi connectivity index (χ2v) is 4.44. The first-order valence-electron chi connectivity index (χ1n) is 6.40. The van der Waals surface area contributed by atoms with Crippen LogP contribution in [0.1, 0.15) is 10.5 Å². The summed E-state index contributed by atoms with van der Waals surface area (Å²) >= 11 is 0. The van der Waals surface area contributed by atoms with Crippen molar-refractivity contribution in [3.8, 4) is 0 Å². The predicted octanol–water partition coefficient (Wildman–Crippen LogP) is 1.24. The molecule has 1 amide bonds. The number of hydrogen-bond donors (Lipinski definition) is 2. The van der Waals surface area contributed by atoms with Gasteiger partial charge in [0.05, 0.1) is 0 Å². The van der Waals surface area contributed by atoms with Crippen molar-refractivity contribution in [2.24, 2.45) is 0 Å². The van der Waals surface area contributed by atoms with Crippen molar-refractivity contribution in [1.29, 1.82) is 0 Å². The molecular weight excluding hydrogens is 254 g/mol. The Balaban J connectivity index is 1.84. The number of carbonyl (C=O) groups excluding carboxylic acids is 1. The van der Waals surface area contributed by atoms with Gasteiger partial charge < -0.3 is 15.2 Å². The smallest absolute Gasteiger partial charge is 0.267 e. The van der Waals surface area contributed by atoms with Gasteiger partial charge in [0.25, 0.3) is 5.91 Å². The van der Waals surface area contributed by atoms with Gasteiger partial charge in [0.1, 0.15) is 5.69 Å². The van der Waals surface area contributed by atoms with Crippen LogP contribution in [0.25, 0.3) is 0 Å². The number of aromatic amines is 1. The van der Waals surface area contributed by atoms with E-state index in [9.17, 15) is 9.59 Å². The summed E-state index contributed by atoms with van der Waals surface area (Å²) in [5.74, 6) is -0.274. The number of anilines is 1. The minimum absolute atomic E-state index is 0.274. The highest BCUT2D eigenvalue weighted by molar-refractivity contribution is 5.92. The van der Waals surface area contributed by atoms with Gasteiger partial charge in [-0.2, -0.15) is 0 Å². The number of likely N-dealkylation sites (N-methyl/N-ethyl adjacent to an activating group) is 1. The standard InChI is InChI=1S/C15H17N3O2/c1-18(12-6-3-2-4-7-12)11-10-16-15(20)13-8-5-9-14(19)17-13/h2-9H,10-11H2,1H3,(H,16,20)(H,17,19). The molecule has 1 heterocycles. The maximum absolute atomic E-state index is 11.8. The summed E-state index contributed by atoms with van der Waals surface area (Å²) in [6.45, 7) is 1.19. The Bertz CT molecular complexity index is 622. The lowest BCUT2D eigenvalue weighted by atomic mass is 10.3. The lowest BCUT2D eigenvalue weighted by Crippen LogP contribution is -2.33. The summed E-state index contributed by atoms with van der Waals surface area (Å²) in [4.78, 5) is 27.5. The average molecular weight is 271 g/mol. The Morgan fingerprint density at radius 1 is 1.15 bits per heavy atom. The molecule has 5 nitrogen and oxygen atoms in total. The van der Waals surface area contributed by atoms with Gasteiger partial charge in [0.2, 0.25) is 5.56 Å². The average Bonchev–Trinajstić information content (AvgIpc) is 2.48. The van der Waals surface area contributed by atoms with Gasteiger partial charge in [-0.3, -0.25) is 9.59 Å². The molecule has 0 aliphatic rings. The molecule has 2 aromatic rings. The fourth-order valence-corrected chi connectivity index (χ4v) is 1.82. The van der Waals surface area contributed by atoms with Gasteiger partial charge in [0.15, 0.2) is 0 Å². The number of aromatic nitrogens is 1. The van der Waals surface area contributed by atoms with E-state index in [-0.39, 0.29) is 17.2 Å². The lowest BCUT2D eigenvalue weighted by Gasteiger charge is -2.19. The minimum Gasteiger partial charge on any atom is -0.373 e. The number of pyridine rings is 1. The normalized spacial score (nSPS) is 10.1. The molecule has 20 heavy (non-hydrogen) atoms. The maximum Gasteiger partial charge on any atom is 0.267 e. The first kappa shape index (κ1) is 13.9. The van der Waals surface area contributed by atoms with Crippen molar-refractivity contribution in [3.63, 3.8) is 0 Å². The summed E-state index contributed by atoms with van der Waals surface area (Å²) in [5, 5.41) is 2.78. The molecule has 0 saturated heterocycles. The number of hydrogen-bond acceptors (Lipinski definition) is 3. The second kappa shape index (κ2) is 6.56. The van der Waals surface area contributed by atoms with Gasteiger partial charge in [-0.15, -0.1) is 0 Å². The van der Waals surface area contributed by atoms with Crippen LogP contribution in [-0.4, -0.2) is 31.0 Å². The van der Waals surface area contributed by atoms with Crippen molar-refractivity contribution in [2.45, 2.75) is 0 Å². The number of H-pyrrole nitrogens is 1. The highest BCUT2D eigenvalue weighted by Crippen LogP contribution is 2.09. The molecule has 0 bridgehead atoms. The molecule has 1 aromatic carbocycles. The first-order chi connectivity index (χ1) is 9.66. The molecule has 0 spiro atoms. The Labute approximate surface area is 117 Å². The largest absolute Gasteiger partial charge is 0.373 e. The van der Waals surface area contributed by atoms with Crippen LogP contribution in [0.2, 0.25) is 0 Å². The Morgan fingerprint density at radius 3 is 2.60 bits per heavy atom. The monoisotopic (exact) mass is 271 g/mol. The first-order valence-corrected chi connectivity index (χ1v) is 6.40. The van der Waals surface area contributed by atoms with E-state index < -0.39 is 0 Å². The van der Waals surface area contributed by atoms with Crippen LogP contribution in [0.4, 0.5) is 5.69 Å². The van der Waals surface area contributed by atoms with Crippen LogP contribution in [0, 0.1) is 0 Å². The Hall–Kier alpha value is -2.56. The van der Waals surface area contributed by atoms with Crippen molar-refractivity contribution >= 4 is 11.6 Å². The second-order valence-electron chi connectivity index (χ2n) is 4.44. The Kier molecular flexibility index (Phi) is 4.55. The van der Waals surface area contributed by atoms with Crippen LogP contribution in [0.15, 0.2) is 53.3 Å². The zero-order valence-electron chi connectivity index (χ0n) is 11.3. The number of carbonyl (C=O) groups is 1. The topological polar surface area (TPSA) is 65.2 Å². The van der Waals surface area contributed by atoms with Gasteiger partial charge in [0, 0.05) is 31.9 Å². The summed E-state index contributed by atoms with van der Waals surface area (Å²) in [6, 6.07) is 14.4. The summed E-state index contributed by atoms with van der Waals surface area (Å²) in [5.41, 5.74) is 1.09. The van der Waals surface area contributed by atoms with Gasteiger partial charge in [-0.05, 0) is 18.2 Å². The summed E-state index contributed by atoms with van der Waals surface area (Å²) < 4.78 is 0. The molecule has 5 heteroatoms. The quantitative estimate of drug-likeness (QED) is 0.860. The zero-order chi connectivity index (χ0) is 14.4. The van der Waals surface area contributed by atoms with Gasteiger partial charge in [-0.25, -0.2) is 0 Å². The third-order valence-electron chi connectivity index (χ3n) is 2.94. The number of rotatable bonds is 5. The van der Waals surface area contributed by atoms with Crippen LogP contribution < -0.4 is 15.8 Å². The van der Waals surface area contributed by atoms with E-state index in [2.05, 4.69) is 10.3 Å². The van der Waals surface area contributed by atoms with Gasteiger partial charge >= 0.3 is 0 Å². The molecule has 104 valence electrons. The van der Waals surface area contributed by atoms with Crippen LogP contribution in [0.5, 0.6) is 0 Å². The zero-order valence-corrected chi connectivity index (χ0v) is 11.3. The van der Waals surface area contributed by atoms with E-state index >= 15 is 0 Å². The predicted molar refractivity (Wildman–Crippen MR) is 79.1 cm³/mol.